The van der Waals surface area contributed by atoms with Crippen molar-refractivity contribution in [3.63, 3.8) is 0 Å². The van der Waals surface area contributed by atoms with Gasteiger partial charge < -0.3 is 28.0 Å². The molecule has 1 fully saturated rings. The Kier molecular flexibility index (Phi) is 14.0. The highest BCUT2D eigenvalue weighted by atomic mass is 31.2. The molecular formula is C44H53FN7O8P. The number of fused-ring (bicyclic) bond motifs is 1. The summed E-state index contributed by atoms with van der Waals surface area (Å²) in [7, 11) is 0.904. The molecule has 5 atom stereocenters. The van der Waals surface area contributed by atoms with Crippen LogP contribution in [0.4, 0.5) is 10.3 Å². The largest absolute Gasteiger partial charge is 0.497 e. The minimum Gasteiger partial charge on any atom is -0.497 e. The van der Waals surface area contributed by atoms with Gasteiger partial charge in [0.2, 0.25) is 11.9 Å². The van der Waals surface area contributed by atoms with Gasteiger partial charge in [0.1, 0.15) is 29.3 Å². The highest BCUT2D eigenvalue weighted by molar-refractivity contribution is 7.44. The van der Waals surface area contributed by atoms with Gasteiger partial charge in [-0.05, 0) is 68.7 Å². The van der Waals surface area contributed by atoms with Crippen molar-refractivity contribution in [3.05, 3.63) is 112 Å². The minimum absolute atomic E-state index is 0.0165. The van der Waals surface area contributed by atoms with Crippen LogP contribution in [0.5, 0.6) is 11.5 Å². The molecule has 6 rings (SSSR count). The molecule has 5 aromatic rings. The summed E-state index contributed by atoms with van der Waals surface area (Å²) in [4.78, 5) is 37.0. The number of amides is 1. The topological polar surface area (TPSA) is 175 Å². The van der Waals surface area contributed by atoms with Crippen LogP contribution >= 0.6 is 8.53 Å². The number of H-pyrrole nitrogens is 1. The zero-order chi connectivity index (χ0) is 45.6. The predicted molar refractivity (Wildman–Crippen MR) is 229 cm³/mol. The third-order valence-corrected chi connectivity index (χ3v) is 12.1. The molecule has 61 heavy (non-hydrogen) atoms. The first-order valence-electron chi connectivity index (χ1n) is 20.9. The molecule has 1 aliphatic heterocycles. The first-order chi connectivity index (χ1) is 30.1. The molecule has 1 amide bonds. The summed E-state index contributed by atoms with van der Waals surface area (Å²) in [5.74, 6) is 0.0139. The average Bonchev–Trinajstić information content (AvgIpc) is 3.83. The van der Waals surface area contributed by atoms with Gasteiger partial charge >= 0.3 is 0 Å². The molecule has 0 aliphatic carbocycles. The van der Waals surface area contributed by atoms with Crippen molar-refractivity contribution in [1.82, 2.24) is 24.2 Å². The lowest BCUT2D eigenvalue weighted by Gasteiger charge is -2.39. The molecule has 0 radical (unpaired) electrons. The Morgan fingerprint density at radius 2 is 1.59 bits per heavy atom. The first kappa shape index (κ1) is 42.4. The number of carbonyl (C=O) groups excluding carboxylic acids is 1. The second-order valence-corrected chi connectivity index (χ2v) is 16.5. The number of halogens is 1. The Morgan fingerprint density at radius 3 is 2.13 bits per heavy atom. The van der Waals surface area contributed by atoms with Crippen LogP contribution < -0.4 is 20.3 Å². The maximum Gasteiger partial charge on any atom is 0.280 e. The summed E-state index contributed by atoms with van der Waals surface area (Å²) in [5.41, 5.74) is -1.22. The van der Waals surface area contributed by atoms with Crippen LogP contribution in [0.25, 0.3) is 11.2 Å². The number of rotatable bonds is 19. The summed E-state index contributed by atoms with van der Waals surface area (Å²) in [5, 5.41) is 12.0. The SMILES string of the molecule is [2H]C([2H])(OC(c1ccccc1)(c1ccc(OC)cc1)c1ccc(OC)cc1)[C@H]1O[C@@H](n2cnc3c(=O)[nH]c(NC(=O)C(C)C)nc32)[C@H](F)[C@@H]1OP(OCCC#N)N(C(C)C)C(C)C. The molecule has 1 unspecified atom stereocenters. The van der Waals surface area contributed by atoms with E-state index in [1.165, 1.54) is 18.8 Å². The van der Waals surface area contributed by atoms with E-state index in [2.05, 4.69) is 26.3 Å². The molecule has 2 N–H and O–H groups in total. The maximum absolute atomic E-state index is 17.8. The van der Waals surface area contributed by atoms with Gasteiger partial charge in [0.05, 0.1) is 48.9 Å². The van der Waals surface area contributed by atoms with Crippen LogP contribution in [0.1, 0.15) is 73.6 Å². The van der Waals surface area contributed by atoms with E-state index in [0.717, 1.165) is 6.33 Å². The monoisotopic (exact) mass is 859 g/mol. The van der Waals surface area contributed by atoms with Crippen LogP contribution in [0.3, 0.4) is 0 Å². The van der Waals surface area contributed by atoms with Crippen molar-refractivity contribution in [2.24, 2.45) is 5.92 Å². The van der Waals surface area contributed by atoms with Gasteiger partial charge in [0.25, 0.3) is 14.1 Å². The van der Waals surface area contributed by atoms with E-state index in [1.54, 1.807) is 86.6 Å². The maximum atomic E-state index is 17.8. The van der Waals surface area contributed by atoms with E-state index in [-0.39, 0.29) is 42.2 Å². The standard InChI is InChI=1S/C44H53FN7O8P/c1-27(2)40(53)49-43-48-39-37(41(54)50-43)47-26-51(39)42-36(45)38(60-61(58-24-12-23-46)52(28(3)4)29(5)6)35(59-42)25-57-44(30-13-10-9-11-14-30,31-15-19-33(55-7)20-16-31)32-17-21-34(56-8)22-18-32/h9-11,13-22,26-29,35-36,38,42H,12,24-25H2,1-8H3,(H2,48,49,50,53,54)/t35-,36-,38-,42-,61?/m1/s1/i25D2. The van der Waals surface area contributed by atoms with Crippen molar-refractivity contribution in [2.45, 2.75) is 90.3 Å². The van der Waals surface area contributed by atoms with Gasteiger partial charge in [-0.3, -0.25) is 24.5 Å². The molecule has 17 heteroatoms. The van der Waals surface area contributed by atoms with Crippen molar-refractivity contribution < 1.29 is 39.9 Å². The zero-order valence-electron chi connectivity index (χ0n) is 37.4. The second-order valence-electron chi connectivity index (χ2n) is 15.1. The molecular weight excluding hydrogens is 804 g/mol. The van der Waals surface area contributed by atoms with Gasteiger partial charge in [0, 0.05) is 18.0 Å². The normalized spacial score (nSPS) is 19.3. The Hall–Kier alpha value is -5.27. The van der Waals surface area contributed by atoms with E-state index in [9.17, 15) is 17.6 Å². The van der Waals surface area contributed by atoms with Crippen molar-refractivity contribution >= 4 is 31.5 Å². The van der Waals surface area contributed by atoms with Crippen LogP contribution in [0, 0.1) is 17.2 Å². The fraction of sp³-hybridized carbons (Fsp3) is 0.432. The number of benzene rings is 3. The number of hydrogen-bond donors (Lipinski definition) is 2. The van der Waals surface area contributed by atoms with E-state index < -0.39 is 62.7 Å². The van der Waals surface area contributed by atoms with Crippen molar-refractivity contribution in [3.8, 4) is 17.6 Å². The van der Waals surface area contributed by atoms with Crippen LogP contribution in [0.2, 0.25) is 0 Å². The molecule has 1 saturated heterocycles. The molecule has 0 saturated carbocycles. The number of methoxy groups -OCH3 is 2. The molecule has 0 spiro atoms. The number of carbonyl (C=O) groups is 1. The van der Waals surface area contributed by atoms with Gasteiger partial charge in [-0.2, -0.15) is 10.2 Å². The molecule has 3 aromatic carbocycles. The van der Waals surface area contributed by atoms with E-state index >= 15 is 4.39 Å². The fourth-order valence-electron chi connectivity index (χ4n) is 7.04. The van der Waals surface area contributed by atoms with Crippen molar-refractivity contribution in [1.29, 1.82) is 5.26 Å². The first-order valence-corrected chi connectivity index (χ1v) is 21.1. The predicted octanol–water partition coefficient (Wildman–Crippen LogP) is 7.64. The third-order valence-electron chi connectivity index (χ3n) is 10.0. The van der Waals surface area contributed by atoms with E-state index in [0.29, 0.717) is 28.2 Å². The Labute approximate surface area is 358 Å². The average molecular weight is 860 g/mol. The smallest absolute Gasteiger partial charge is 0.280 e. The van der Waals surface area contributed by atoms with Gasteiger partial charge in [-0.25, -0.2) is 14.0 Å². The molecule has 324 valence electrons. The lowest BCUT2D eigenvalue weighted by Crippen LogP contribution is -2.41. The Morgan fingerprint density at radius 1 is 1.00 bits per heavy atom. The van der Waals surface area contributed by atoms with Gasteiger partial charge in [0.15, 0.2) is 23.6 Å². The van der Waals surface area contributed by atoms with E-state index in [1.807, 2.05) is 38.4 Å². The number of anilines is 1. The Balaban J connectivity index is 1.54. The highest BCUT2D eigenvalue weighted by Crippen LogP contribution is 2.51. The number of alkyl halides is 1. The van der Waals surface area contributed by atoms with Crippen molar-refractivity contribution in [2.75, 3.05) is 32.7 Å². The fourth-order valence-corrected chi connectivity index (χ4v) is 8.78. The molecule has 1 aliphatic rings. The summed E-state index contributed by atoms with van der Waals surface area (Å²) in [6.45, 7) is 8.05. The summed E-state index contributed by atoms with van der Waals surface area (Å²) in [6.07, 6.45) is -6.26. The van der Waals surface area contributed by atoms with Crippen LogP contribution in [-0.4, -0.2) is 87.9 Å². The van der Waals surface area contributed by atoms with Gasteiger partial charge in [-0.1, -0.05) is 68.4 Å². The quantitative estimate of drug-likeness (QED) is 0.0473. The summed E-state index contributed by atoms with van der Waals surface area (Å²) < 4.78 is 77.9. The molecule has 0 bridgehead atoms. The molecule has 2 aromatic heterocycles. The third kappa shape index (κ3) is 9.78. The number of aromatic nitrogens is 4. The van der Waals surface area contributed by atoms with Crippen LogP contribution in [-0.2, 0) is 28.9 Å². The number of nitrogens with zero attached hydrogens (tertiary/aromatic N) is 5. The Bertz CT molecular complexity index is 2360. The highest BCUT2D eigenvalue weighted by Gasteiger charge is 2.51. The minimum atomic E-state index is -2.91. The van der Waals surface area contributed by atoms with Crippen LogP contribution in [0.15, 0.2) is 90.0 Å². The second kappa shape index (κ2) is 20.1. The number of imidazole rings is 1. The summed E-state index contributed by atoms with van der Waals surface area (Å²) >= 11 is 0. The summed E-state index contributed by atoms with van der Waals surface area (Å²) in [6, 6.07) is 24.7. The molecule has 15 nitrogen and oxygen atoms in total. The molecule has 3 heterocycles. The number of nitrogens with one attached hydrogen (secondary N) is 2. The number of nitriles is 1. The number of aromatic amines is 1. The number of ether oxygens (including phenoxy) is 4. The number of hydrogen-bond acceptors (Lipinski definition) is 12. The van der Waals surface area contributed by atoms with E-state index in [4.69, 9.17) is 28.0 Å². The zero-order valence-corrected chi connectivity index (χ0v) is 36.3. The lowest BCUT2D eigenvalue weighted by atomic mass is 9.80. The van der Waals surface area contributed by atoms with Gasteiger partial charge in [-0.15, -0.1) is 0 Å². The lowest BCUT2D eigenvalue weighted by molar-refractivity contribution is -0.118.